The lowest BCUT2D eigenvalue weighted by Gasteiger charge is -2.34. The van der Waals surface area contributed by atoms with Crippen molar-refractivity contribution in [2.75, 3.05) is 39.8 Å². The summed E-state index contributed by atoms with van der Waals surface area (Å²) in [7, 11) is 1.84. The van der Waals surface area contributed by atoms with Gasteiger partial charge >= 0.3 is 0 Å². The Morgan fingerprint density at radius 1 is 1.06 bits per heavy atom. The molecule has 1 aromatic heterocycles. The Morgan fingerprint density at radius 2 is 1.90 bits per heavy atom. The van der Waals surface area contributed by atoms with Gasteiger partial charge in [0, 0.05) is 32.7 Å². The van der Waals surface area contributed by atoms with Gasteiger partial charge in [0.25, 0.3) is 0 Å². The molecule has 0 radical (unpaired) electrons. The molecule has 3 atom stereocenters. The van der Waals surface area contributed by atoms with Crippen molar-refractivity contribution in [3.63, 3.8) is 0 Å². The maximum atomic E-state index is 6.15. The van der Waals surface area contributed by atoms with E-state index in [1.807, 2.05) is 13.1 Å². The summed E-state index contributed by atoms with van der Waals surface area (Å²) in [5.74, 6) is 2.29. The smallest absolute Gasteiger partial charge is 0.191 e. The Morgan fingerprint density at radius 3 is 2.65 bits per heavy atom. The molecule has 168 valence electrons. The zero-order chi connectivity index (χ0) is 21.3. The third-order valence-electron chi connectivity index (χ3n) is 6.49. The van der Waals surface area contributed by atoms with Gasteiger partial charge in [-0.25, -0.2) is 0 Å². The zero-order valence-electron chi connectivity index (χ0n) is 18.6. The van der Waals surface area contributed by atoms with Gasteiger partial charge in [-0.1, -0.05) is 36.8 Å². The number of ether oxygens (including phenoxy) is 1. The highest BCUT2D eigenvalue weighted by Gasteiger charge is 2.28. The summed E-state index contributed by atoms with van der Waals surface area (Å²) in [6.07, 6.45) is 8.02. The first kappa shape index (κ1) is 21.9. The fourth-order valence-electron chi connectivity index (χ4n) is 4.83. The second-order valence-electron chi connectivity index (χ2n) is 8.57. The largest absolute Gasteiger partial charge is 0.468 e. The van der Waals surface area contributed by atoms with E-state index in [9.17, 15) is 0 Å². The van der Waals surface area contributed by atoms with Crippen molar-refractivity contribution >= 4 is 5.96 Å². The van der Waals surface area contributed by atoms with E-state index in [2.05, 4.69) is 56.9 Å². The topological polar surface area (TPSA) is 62.0 Å². The van der Waals surface area contributed by atoms with Crippen LogP contribution in [0.4, 0.5) is 0 Å². The van der Waals surface area contributed by atoms with Crippen LogP contribution in [0.15, 0.2) is 58.1 Å². The third-order valence-corrected chi connectivity index (χ3v) is 6.49. The lowest BCUT2D eigenvalue weighted by Crippen LogP contribution is -2.46. The molecule has 1 aromatic carbocycles. The number of piperidine rings is 1. The van der Waals surface area contributed by atoms with Crippen LogP contribution in [-0.4, -0.2) is 50.7 Å². The predicted octanol–water partition coefficient (Wildman–Crippen LogP) is 4.14. The molecule has 2 saturated heterocycles. The summed E-state index contributed by atoms with van der Waals surface area (Å²) in [5.41, 5.74) is 1.26. The lowest BCUT2D eigenvalue weighted by molar-refractivity contribution is -0.0265. The van der Waals surface area contributed by atoms with Gasteiger partial charge in [-0.3, -0.25) is 9.89 Å². The molecule has 2 aliphatic heterocycles. The molecule has 0 saturated carbocycles. The van der Waals surface area contributed by atoms with Gasteiger partial charge in [-0.05, 0) is 56.5 Å². The third kappa shape index (κ3) is 5.89. The number of hydrogen-bond acceptors (Lipinski definition) is 4. The first-order valence-electron chi connectivity index (χ1n) is 11.7. The van der Waals surface area contributed by atoms with Gasteiger partial charge in [-0.2, -0.15) is 0 Å². The van der Waals surface area contributed by atoms with Crippen LogP contribution in [0.2, 0.25) is 0 Å². The molecule has 2 aliphatic rings. The van der Waals surface area contributed by atoms with Gasteiger partial charge in [0.15, 0.2) is 5.96 Å². The van der Waals surface area contributed by atoms with E-state index in [0.29, 0.717) is 5.92 Å². The van der Waals surface area contributed by atoms with Gasteiger partial charge in [0.05, 0.1) is 18.4 Å². The van der Waals surface area contributed by atoms with Crippen LogP contribution in [0.5, 0.6) is 0 Å². The zero-order valence-corrected chi connectivity index (χ0v) is 18.6. The van der Waals surface area contributed by atoms with E-state index < -0.39 is 0 Å². The predicted molar refractivity (Wildman–Crippen MR) is 124 cm³/mol. The minimum atomic E-state index is 0.143. The molecule has 2 aromatic rings. The molecule has 31 heavy (non-hydrogen) atoms. The fourth-order valence-corrected chi connectivity index (χ4v) is 4.83. The van der Waals surface area contributed by atoms with Crippen molar-refractivity contribution < 1.29 is 9.15 Å². The second kappa shape index (κ2) is 11.3. The highest BCUT2D eigenvalue weighted by molar-refractivity contribution is 5.79. The molecule has 0 bridgehead atoms. The van der Waals surface area contributed by atoms with E-state index in [1.54, 1.807) is 6.26 Å². The number of hydrogen-bond donors (Lipinski definition) is 2. The SMILES string of the molecule is CN=C(NCC1CCCOC1c1ccccc1)NCC(c1ccco1)N1CCCCC1. The minimum Gasteiger partial charge on any atom is -0.468 e. The lowest BCUT2D eigenvalue weighted by atomic mass is 9.89. The molecule has 6 heteroatoms. The van der Waals surface area contributed by atoms with Crippen LogP contribution in [0, 0.1) is 5.92 Å². The van der Waals surface area contributed by atoms with Gasteiger partial charge < -0.3 is 19.8 Å². The molecule has 4 rings (SSSR count). The number of likely N-dealkylation sites (tertiary alicyclic amines) is 1. The van der Waals surface area contributed by atoms with E-state index in [-0.39, 0.29) is 12.1 Å². The van der Waals surface area contributed by atoms with E-state index >= 15 is 0 Å². The molecule has 0 aliphatic carbocycles. The summed E-state index contributed by atoms with van der Waals surface area (Å²) in [6, 6.07) is 14.9. The van der Waals surface area contributed by atoms with Crippen LogP contribution >= 0.6 is 0 Å². The Labute approximate surface area is 186 Å². The molecule has 2 fully saturated rings. The van der Waals surface area contributed by atoms with E-state index in [1.165, 1.54) is 24.8 Å². The van der Waals surface area contributed by atoms with Crippen molar-refractivity contribution in [3.8, 4) is 0 Å². The molecule has 3 heterocycles. The average Bonchev–Trinajstić information content (AvgIpc) is 3.37. The van der Waals surface area contributed by atoms with Crippen LogP contribution < -0.4 is 10.6 Å². The van der Waals surface area contributed by atoms with Crippen molar-refractivity contribution in [3.05, 3.63) is 60.1 Å². The number of guanidine groups is 1. The fraction of sp³-hybridized carbons (Fsp3) is 0.560. The Kier molecular flexibility index (Phi) is 8.02. The standard InChI is InChI=1S/C25H36N4O2/c1-26-25(27-18-21-12-8-17-31-24(21)20-10-4-2-5-11-20)28-19-22(23-13-9-16-30-23)29-14-6-3-7-15-29/h2,4-5,9-11,13,16,21-22,24H,3,6-8,12,14-15,17-19H2,1H3,(H2,26,27,28). The normalized spacial score (nSPS) is 24.0. The summed E-state index contributed by atoms with van der Waals surface area (Å²) < 4.78 is 11.9. The number of benzene rings is 1. The highest BCUT2D eigenvalue weighted by Crippen LogP contribution is 2.33. The van der Waals surface area contributed by atoms with Crippen LogP contribution in [0.25, 0.3) is 0 Å². The number of aliphatic imine (C=N–C) groups is 1. The van der Waals surface area contributed by atoms with Gasteiger partial charge in [0.2, 0.25) is 0 Å². The van der Waals surface area contributed by atoms with Crippen molar-refractivity contribution in [2.45, 2.75) is 44.2 Å². The van der Waals surface area contributed by atoms with Crippen molar-refractivity contribution in [1.29, 1.82) is 0 Å². The quantitative estimate of drug-likeness (QED) is 0.517. The monoisotopic (exact) mass is 424 g/mol. The Bertz CT molecular complexity index is 787. The van der Waals surface area contributed by atoms with Crippen LogP contribution in [0.3, 0.4) is 0 Å². The van der Waals surface area contributed by atoms with Crippen LogP contribution in [0.1, 0.15) is 55.6 Å². The van der Waals surface area contributed by atoms with Gasteiger partial charge in [-0.15, -0.1) is 0 Å². The summed E-state index contributed by atoms with van der Waals surface area (Å²) in [6.45, 7) is 4.70. The molecule has 2 N–H and O–H groups in total. The first-order valence-corrected chi connectivity index (χ1v) is 11.7. The first-order chi connectivity index (χ1) is 15.3. The number of nitrogens with one attached hydrogen (secondary N) is 2. The number of furan rings is 1. The second-order valence-corrected chi connectivity index (χ2v) is 8.57. The summed E-state index contributed by atoms with van der Waals surface area (Å²) >= 11 is 0. The maximum Gasteiger partial charge on any atom is 0.191 e. The molecule has 0 amide bonds. The Hall–Kier alpha value is -2.31. The van der Waals surface area contributed by atoms with Gasteiger partial charge in [0.1, 0.15) is 5.76 Å². The molecule has 0 spiro atoms. The molecular formula is C25H36N4O2. The Balaban J connectivity index is 1.34. The summed E-state index contributed by atoms with van der Waals surface area (Å²) in [5, 5.41) is 7.10. The van der Waals surface area contributed by atoms with Crippen LogP contribution in [-0.2, 0) is 4.74 Å². The maximum absolute atomic E-state index is 6.15. The molecular weight excluding hydrogens is 388 g/mol. The van der Waals surface area contributed by atoms with E-state index in [4.69, 9.17) is 9.15 Å². The van der Waals surface area contributed by atoms with Crippen molar-refractivity contribution in [1.82, 2.24) is 15.5 Å². The molecule has 3 unspecified atom stereocenters. The number of rotatable bonds is 7. The van der Waals surface area contributed by atoms with E-state index in [0.717, 1.165) is 57.3 Å². The molecule has 6 nitrogen and oxygen atoms in total. The summed E-state index contributed by atoms with van der Waals surface area (Å²) in [4.78, 5) is 7.00. The number of nitrogens with zero attached hydrogens (tertiary/aromatic N) is 2. The minimum absolute atomic E-state index is 0.143. The van der Waals surface area contributed by atoms with Crippen molar-refractivity contribution in [2.24, 2.45) is 10.9 Å². The highest BCUT2D eigenvalue weighted by atomic mass is 16.5. The average molecular weight is 425 g/mol.